The van der Waals surface area contributed by atoms with E-state index in [0.717, 1.165) is 62.6 Å². The lowest BCUT2D eigenvalue weighted by Crippen LogP contribution is -2.62. The molecule has 26 heavy (non-hydrogen) atoms. The summed E-state index contributed by atoms with van der Waals surface area (Å²) >= 11 is 5.91. The molecule has 2 saturated heterocycles. The predicted octanol–water partition coefficient (Wildman–Crippen LogP) is 3.91. The highest BCUT2D eigenvalue weighted by Gasteiger charge is 2.46. The smallest absolute Gasteiger partial charge is 0.227 e. The molecule has 0 atom stereocenters. The number of benzene rings is 1. The van der Waals surface area contributed by atoms with E-state index >= 15 is 0 Å². The molecule has 5 heteroatoms. The van der Waals surface area contributed by atoms with E-state index in [2.05, 4.69) is 11.0 Å². The number of furan rings is 1. The van der Waals surface area contributed by atoms with Crippen LogP contribution in [0.5, 0.6) is 0 Å². The van der Waals surface area contributed by atoms with Gasteiger partial charge in [-0.05, 0) is 62.7 Å². The summed E-state index contributed by atoms with van der Waals surface area (Å²) in [7, 11) is 0. The topological polar surface area (TPSA) is 36.7 Å². The first-order chi connectivity index (χ1) is 12.5. The van der Waals surface area contributed by atoms with Crippen LogP contribution in [0.2, 0.25) is 5.02 Å². The minimum atomic E-state index is 0.228. The third kappa shape index (κ3) is 3.81. The molecule has 4 rings (SSSR count). The summed E-state index contributed by atoms with van der Waals surface area (Å²) < 4.78 is 5.69. The second kappa shape index (κ2) is 7.09. The van der Waals surface area contributed by atoms with Crippen molar-refractivity contribution in [1.29, 1.82) is 0 Å². The molecule has 138 valence electrons. The number of carbonyl (C=O) groups is 1. The monoisotopic (exact) mass is 372 g/mol. The Kier molecular flexibility index (Phi) is 4.80. The number of halogens is 1. The maximum Gasteiger partial charge on any atom is 0.227 e. The van der Waals surface area contributed by atoms with Crippen molar-refractivity contribution in [3.05, 3.63) is 58.5 Å². The van der Waals surface area contributed by atoms with E-state index in [9.17, 15) is 4.79 Å². The van der Waals surface area contributed by atoms with Gasteiger partial charge >= 0.3 is 0 Å². The summed E-state index contributed by atoms with van der Waals surface area (Å²) in [6.45, 7) is 6.86. The number of piperidine rings is 1. The summed E-state index contributed by atoms with van der Waals surface area (Å²) in [6, 6.07) is 11.7. The molecule has 2 aliphatic heterocycles. The van der Waals surface area contributed by atoms with E-state index in [4.69, 9.17) is 16.0 Å². The van der Waals surface area contributed by atoms with Crippen molar-refractivity contribution in [1.82, 2.24) is 9.80 Å². The van der Waals surface area contributed by atoms with Gasteiger partial charge in [-0.3, -0.25) is 9.69 Å². The molecule has 1 amide bonds. The molecule has 0 unspecified atom stereocenters. The van der Waals surface area contributed by atoms with Crippen LogP contribution in [0.25, 0.3) is 0 Å². The first-order valence-electron chi connectivity index (χ1n) is 9.31. The van der Waals surface area contributed by atoms with Crippen molar-refractivity contribution >= 4 is 17.5 Å². The zero-order chi connectivity index (χ0) is 18.1. The van der Waals surface area contributed by atoms with Gasteiger partial charge in [0, 0.05) is 23.5 Å². The number of hydrogen-bond acceptors (Lipinski definition) is 3. The molecular weight excluding hydrogens is 348 g/mol. The van der Waals surface area contributed by atoms with Crippen LogP contribution in [0.3, 0.4) is 0 Å². The lowest BCUT2D eigenvalue weighted by Gasteiger charge is -2.54. The van der Waals surface area contributed by atoms with Crippen LogP contribution < -0.4 is 0 Å². The molecule has 3 heterocycles. The average molecular weight is 373 g/mol. The number of aryl methyl sites for hydroxylation is 1. The Morgan fingerprint density at radius 2 is 1.81 bits per heavy atom. The van der Waals surface area contributed by atoms with Crippen LogP contribution in [0.1, 0.15) is 29.9 Å². The molecule has 1 aromatic carbocycles. The molecule has 0 aliphatic carbocycles. The van der Waals surface area contributed by atoms with Crippen molar-refractivity contribution < 1.29 is 9.21 Å². The lowest BCUT2D eigenvalue weighted by atomic mass is 9.72. The van der Waals surface area contributed by atoms with E-state index in [1.54, 1.807) is 0 Å². The number of hydrogen-bond donors (Lipinski definition) is 0. The Morgan fingerprint density at radius 1 is 1.12 bits per heavy atom. The van der Waals surface area contributed by atoms with E-state index in [1.807, 2.05) is 42.2 Å². The second-order valence-electron chi connectivity index (χ2n) is 7.84. The molecule has 2 fully saturated rings. The van der Waals surface area contributed by atoms with Crippen molar-refractivity contribution in [3.8, 4) is 0 Å². The van der Waals surface area contributed by atoms with Crippen molar-refractivity contribution in [2.45, 2.75) is 32.7 Å². The third-order valence-electron chi connectivity index (χ3n) is 5.77. The highest BCUT2D eigenvalue weighted by atomic mass is 35.5. The van der Waals surface area contributed by atoms with Crippen LogP contribution in [0, 0.1) is 12.3 Å². The summed E-state index contributed by atoms with van der Waals surface area (Å²) in [4.78, 5) is 17.0. The average Bonchev–Trinajstić information content (AvgIpc) is 3.00. The van der Waals surface area contributed by atoms with E-state index in [0.29, 0.717) is 16.9 Å². The van der Waals surface area contributed by atoms with Crippen molar-refractivity contribution in [2.24, 2.45) is 5.41 Å². The number of carbonyl (C=O) groups excluding carboxylic acids is 1. The maximum absolute atomic E-state index is 12.5. The zero-order valence-electron chi connectivity index (χ0n) is 15.2. The SMILES string of the molecule is Cc1ccc(CN2CCC3(CC2)CN(C(=O)Cc2ccc(Cl)cc2)C3)o1. The standard InChI is InChI=1S/C21H25ClN2O2/c1-16-2-7-19(26-16)13-23-10-8-21(9-11-23)14-24(15-21)20(25)12-17-3-5-18(22)6-4-17/h2-7H,8-15H2,1H3. The normalized spacial score (nSPS) is 19.5. The van der Waals surface area contributed by atoms with Gasteiger partial charge in [0.2, 0.25) is 5.91 Å². The fraction of sp³-hybridized carbons (Fsp3) is 0.476. The molecule has 0 saturated carbocycles. The molecule has 1 spiro atoms. The van der Waals surface area contributed by atoms with Crippen LogP contribution in [0.15, 0.2) is 40.8 Å². The summed E-state index contributed by atoms with van der Waals surface area (Å²) in [5.74, 6) is 2.25. The number of amides is 1. The molecule has 4 nitrogen and oxygen atoms in total. The molecule has 0 N–H and O–H groups in total. The van der Waals surface area contributed by atoms with Crippen LogP contribution >= 0.6 is 11.6 Å². The van der Waals surface area contributed by atoms with Gasteiger partial charge in [-0.1, -0.05) is 23.7 Å². The Morgan fingerprint density at radius 3 is 2.42 bits per heavy atom. The Bertz CT molecular complexity index is 768. The number of nitrogens with zero attached hydrogens (tertiary/aromatic N) is 2. The highest BCUT2D eigenvalue weighted by molar-refractivity contribution is 6.30. The predicted molar refractivity (Wildman–Crippen MR) is 102 cm³/mol. The fourth-order valence-electron chi connectivity index (χ4n) is 4.12. The van der Waals surface area contributed by atoms with Crippen LogP contribution in [-0.2, 0) is 17.8 Å². The molecular formula is C21H25ClN2O2. The molecule has 2 aliphatic rings. The minimum absolute atomic E-state index is 0.228. The highest BCUT2D eigenvalue weighted by Crippen LogP contribution is 2.41. The zero-order valence-corrected chi connectivity index (χ0v) is 16.0. The Hall–Kier alpha value is -1.78. The van der Waals surface area contributed by atoms with Gasteiger partial charge in [0.1, 0.15) is 11.5 Å². The largest absolute Gasteiger partial charge is 0.465 e. The van der Waals surface area contributed by atoms with Gasteiger partial charge < -0.3 is 9.32 Å². The van der Waals surface area contributed by atoms with Gasteiger partial charge in [-0.25, -0.2) is 0 Å². The van der Waals surface area contributed by atoms with Gasteiger partial charge in [0.25, 0.3) is 0 Å². The van der Waals surface area contributed by atoms with Gasteiger partial charge in [-0.15, -0.1) is 0 Å². The Balaban J connectivity index is 1.24. The summed E-state index contributed by atoms with van der Waals surface area (Å²) in [6.07, 6.45) is 2.80. The lowest BCUT2D eigenvalue weighted by molar-refractivity contribution is -0.146. The van der Waals surface area contributed by atoms with Crippen LogP contribution in [0.4, 0.5) is 0 Å². The second-order valence-corrected chi connectivity index (χ2v) is 8.28. The fourth-order valence-corrected chi connectivity index (χ4v) is 4.25. The maximum atomic E-state index is 12.5. The summed E-state index contributed by atoms with van der Waals surface area (Å²) in [5, 5.41) is 0.709. The molecule has 2 aromatic rings. The molecule has 0 bridgehead atoms. The van der Waals surface area contributed by atoms with Crippen molar-refractivity contribution in [2.75, 3.05) is 26.2 Å². The van der Waals surface area contributed by atoms with Gasteiger partial charge in [0.15, 0.2) is 0 Å². The first-order valence-corrected chi connectivity index (χ1v) is 9.69. The van der Waals surface area contributed by atoms with Crippen LogP contribution in [-0.4, -0.2) is 41.9 Å². The van der Waals surface area contributed by atoms with Gasteiger partial charge in [0.05, 0.1) is 13.0 Å². The quantitative estimate of drug-likeness (QED) is 0.816. The van der Waals surface area contributed by atoms with Crippen molar-refractivity contribution in [3.63, 3.8) is 0 Å². The molecule has 0 radical (unpaired) electrons. The Labute approximate surface area is 159 Å². The van der Waals surface area contributed by atoms with E-state index in [-0.39, 0.29) is 5.91 Å². The molecule has 1 aromatic heterocycles. The van der Waals surface area contributed by atoms with Gasteiger partial charge in [-0.2, -0.15) is 0 Å². The first kappa shape index (κ1) is 17.6. The van der Waals surface area contributed by atoms with E-state index < -0.39 is 0 Å². The number of likely N-dealkylation sites (tertiary alicyclic amines) is 2. The van der Waals surface area contributed by atoms with E-state index in [1.165, 1.54) is 0 Å². The summed E-state index contributed by atoms with van der Waals surface area (Å²) in [5.41, 5.74) is 1.37. The minimum Gasteiger partial charge on any atom is -0.465 e. The third-order valence-corrected chi connectivity index (χ3v) is 6.02. The number of rotatable bonds is 4.